The first kappa shape index (κ1) is 15.1. The minimum Gasteiger partial charge on any atom is -0.459 e. The van der Waals surface area contributed by atoms with Gasteiger partial charge in [-0.3, -0.25) is 9.58 Å². The van der Waals surface area contributed by atoms with Crippen LogP contribution in [-0.2, 0) is 13.1 Å². The van der Waals surface area contributed by atoms with Gasteiger partial charge in [-0.15, -0.1) is 10.2 Å². The summed E-state index contributed by atoms with van der Waals surface area (Å²) in [5.41, 5.74) is 0.993. The summed E-state index contributed by atoms with van der Waals surface area (Å²) in [5.74, 6) is 1.70. The largest absolute Gasteiger partial charge is 0.459 e. The Balaban J connectivity index is 1.47. The van der Waals surface area contributed by atoms with Crippen molar-refractivity contribution in [2.45, 2.75) is 45.3 Å². The average Bonchev–Trinajstić information content (AvgIpc) is 3.31. The number of hydrogen-bond acceptors (Lipinski definition) is 7. The number of likely N-dealkylation sites (tertiary alicyclic amines) is 1. The lowest BCUT2D eigenvalue weighted by atomic mass is 10.0. The Morgan fingerprint density at radius 1 is 1.29 bits per heavy atom. The van der Waals surface area contributed by atoms with E-state index in [0.29, 0.717) is 30.1 Å². The maximum atomic E-state index is 5.80. The van der Waals surface area contributed by atoms with Crippen molar-refractivity contribution >= 4 is 0 Å². The second-order valence-electron chi connectivity index (χ2n) is 6.17. The lowest BCUT2D eigenvalue weighted by molar-refractivity contribution is 0.111. The molecule has 1 aliphatic rings. The summed E-state index contributed by atoms with van der Waals surface area (Å²) in [4.78, 5) is 6.41. The van der Waals surface area contributed by atoms with E-state index in [0.717, 1.165) is 25.1 Å². The number of hydrogen-bond donors (Lipinski definition) is 0. The molecule has 126 valence electrons. The molecular weight excluding hydrogens is 308 g/mol. The van der Waals surface area contributed by atoms with Gasteiger partial charge in [0.05, 0.1) is 19.4 Å². The zero-order valence-corrected chi connectivity index (χ0v) is 13.6. The molecule has 0 spiro atoms. The number of aryl methyl sites for hydroxylation is 1. The SMILES string of the molecule is Cc1ccoc1-c1nnc(CN2CCCC[C@H]2Cn2cncn2)o1. The summed E-state index contributed by atoms with van der Waals surface area (Å²) in [6.07, 6.45) is 8.52. The molecule has 1 aliphatic heterocycles. The van der Waals surface area contributed by atoms with E-state index in [9.17, 15) is 0 Å². The highest BCUT2D eigenvalue weighted by Crippen LogP contribution is 2.25. The topological polar surface area (TPSA) is 86.0 Å². The minimum atomic E-state index is 0.404. The van der Waals surface area contributed by atoms with Gasteiger partial charge in [-0.25, -0.2) is 4.98 Å². The van der Waals surface area contributed by atoms with Crippen LogP contribution in [-0.4, -0.2) is 42.4 Å². The van der Waals surface area contributed by atoms with Gasteiger partial charge in [0, 0.05) is 11.6 Å². The predicted octanol–water partition coefficient (Wildman–Crippen LogP) is 2.28. The molecule has 8 nitrogen and oxygen atoms in total. The molecule has 0 unspecified atom stereocenters. The zero-order valence-electron chi connectivity index (χ0n) is 13.6. The van der Waals surface area contributed by atoms with E-state index in [1.165, 1.54) is 12.8 Å². The molecule has 24 heavy (non-hydrogen) atoms. The molecule has 0 aromatic carbocycles. The first-order valence-corrected chi connectivity index (χ1v) is 8.23. The average molecular weight is 328 g/mol. The first-order valence-electron chi connectivity index (χ1n) is 8.23. The third kappa shape index (κ3) is 3.09. The number of furan rings is 1. The van der Waals surface area contributed by atoms with E-state index in [2.05, 4.69) is 25.2 Å². The molecular formula is C16H20N6O2. The van der Waals surface area contributed by atoms with E-state index in [1.807, 2.05) is 17.7 Å². The maximum absolute atomic E-state index is 5.80. The van der Waals surface area contributed by atoms with Crippen LogP contribution in [0.2, 0.25) is 0 Å². The van der Waals surface area contributed by atoms with Gasteiger partial charge in [-0.1, -0.05) is 6.42 Å². The van der Waals surface area contributed by atoms with Crippen LogP contribution >= 0.6 is 0 Å². The summed E-state index contributed by atoms with van der Waals surface area (Å²) >= 11 is 0. The molecule has 1 atom stereocenters. The van der Waals surface area contributed by atoms with Gasteiger partial charge < -0.3 is 8.83 Å². The van der Waals surface area contributed by atoms with E-state index >= 15 is 0 Å². The second-order valence-corrected chi connectivity index (χ2v) is 6.17. The Labute approximate surface area is 139 Å². The van der Waals surface area contributed by atoms with Crippen molar-refractivity contribution in [1.29, 1.82) is 0 Å². The van der Waals surface area contributed by atoms with E-state index in [-0.39, 0.29) is 0 Å². The maximum Gasteiger partial charge on any atom is 0.283 e. The number of piperidine rings is 1. The summed E-state index contributed by atoms with van der Waals surface area (Å²) in [7, 11) is 0. The van der Waals surface area contributed by atoms with Crippen LogP contribution in [0.1, 0.15) is 30.7 Å². The smallest absolute Gasteiger partial charge is 0.283 e. The monoisotopic (exact) mass is 328 g/mol. The fourth-order valence-electron chi connectivity index (χ4n) is 3.19. The second kappa shape index (κ2) is 6.56. The summed E-state index contributed by atoms with van der Waals surface area (Å²) < 4.78 is 13.1. The third-order valence-corrected chi connectivity index (χ3v) is 4.47. The van der Waals surface area contributed by atoms with Crippen molar-refractivity contribution < 1.29 is 8.83 Å². The fourth-order valence-corrected chi connectivity index (χ4v) is 3.19. The number of rotatable bonds is 5. The lowest BCUT2D eigenvalue weighted by Gasteiger charge is -2.34. The lowest BCUT2D eigenvalue weighted by Crippen LogP contribution is -2.41. The quantitative estimate of drug-likeness (QED) is 0.710. The normalized spacial score (nSPS) is 19.0. The van der Waals surface area contributed by atoms with Crippen LogP contribution in [0.3, 0.4) is 0 Å². The molecule has 0 radical (unpaired) electrons. The molecule has 1 fully saturated rings. The molecule has 0 N–H and O–H groups in total. The highest BCUT2D eigenvalue weighted by atomic mass is 16.4. The summed E-state index contributed by atoms with van der Waals surface area (Å²) in [6, 6.07) is 2.29. The molecule has 3 aromatic heterocycles. The van der Waals surface area contributed by atoms with Crippen LogP contribution in [0.5, 0.6) is 0 Å². The van der Waals surface area contributed by atoms with Gasteiger partial charge in [-0.2, -0.15) is 5.10 Å². The van der Waals surface area contributed by atoms with Gasteiger partial charge in [0.15, 0.2) is 5.76 Å². The van der Waals surface area contributed by atoms with Gasteiger partial charge in [0.2, 0.25) is 5.89 Å². The molecule has 8 heteroatoms. The van der Waals surface area contributed by atoms with Gasteiger partial charge in [0.1, 0.15) is 12.7 Å². The van der Waals surface area contributed by atoms with Crippen molar-refractivity contribution in [1.82, 2.24) is 29.9 Å². The van der Waals surface area contributed by atoms with Crippen molar-refractivity contribution in [3.8, 4) is 11.7 Å². The zero-order chi connectivity index (χ0) is 16.4. The van der Waals surface area contributed by atoms with Crippen molar-refractivity contribution in [2.75, 3.05) is 6.54 Å². The third-order valence-electron chi connectivity index (χ3n) is 4.47. The molecule has 0 aliphatic carbocycles. The molecule has 3 aromatic rings. The van der Waals surface area contributed by atoms with Gasteiger partial charge in [0.25, 0.3) is 5.89 Å². The van der Waals surface area contributed by atoms with Crippen LogP contribution in [0.25, 0.3) is 11.7 Å². The highest BCUT2D eigenvalue weighted by molar-refractivity contribution is 5.49. The molecule has 0 saturated carbocycles. The van der Waals surface area contributed by atoms with Crippen molar-refractivity contribution in [2.24, 2.45) is 0 Å². The molecule has 4 rings (SSSR count). The van der Waals surface area contributed by atoms with Crippen LogP contribution < -0.4 is 0 Å². The van der Waals surface area contributed by atoms with Crippen LogP contribution in [0.4, 0.5) is 0 Å². The van der Waals surface area contributed by atoms with Crippen molar-refractivity contribution in [3.05, 3.63) is 36.4 Å². The summed E-state index contributed by atoms with van der Waals surface area (Å²) in [5, 5.41) is 12.5. The van der Waals surface area contributed by atoms with E-state index in [1.54, 1.807) is 18.9 Å². The Morgan fingerprint density at radius 2 is 2.25 bits per heavy atom. The highest BCUT2D eigenvalue weighted by Gasteiger charge is 2.25. The van der Waals surface area contributed by atoms with Crippen molar-refractivity contribution in [3.63, 3.8) is 0 Å². The Bertz CT molecular complexity index is 778. The number of aromatic nitrogens is 5. The molecule has 0 bridgehead atoms. The van der Waals surface area contributed by atoms with Crippen LogP contribution in [0, 0.1) is 6.92 Å². The fraction of sp³-hybridized carbons (Fsp3) is 0.500. The van der Waals surface area contributed by atoms with Crippen LogP contribution in [0.15, 0.2) is 33.8 Å². The standard InChI is InChI=1S/C16H20N6O2/c1-12-5-7-23-15(12)16-20-19-14(24-16)9-21-6-3-2-4-13(21)8-22-11-17-10-18-22/h5,7,10-11,13H,2-4,6,8-9H2,1H3/t13-/m0/s1. The number of nitrogens with zero attached hydrogens (tertiary/aromatic N) is 6. The Hall–Kier alpha value is -2.48. The first-order chi connectivity index (χ1) is 11.8. The van der Waals surface area contributed by atoms with Gasteiger partial charge in [-0.05, 0) is 32.4 Å². The molecule has 1 saturated heterocycles. The predicted molar refractivity (Wildman–Crippen MR) is 84.8 cm³/mol. The van der Waals surface area contributed by atoms with E-state index in [4.69, 9.17) is 8.83 Å². The Kier molecular flexibility index (Phi) is 4.12. The minimum absolute atomic E-state index is 0.404. The molecule has 4 heterocycles. The molecule has 0 amide bonds. The Morgan fingerprint density at radius 3 is 3.04 bits per heavy atom. The van der Waals surface area contributed by atoms with E-state index < -0.39 is 0 Å². The van der Waals surface area contributed by atoms with Gasteiger partial charge >= 0.3 is 0 Å². The summed E-state index contributed by atoms with van der Waals surface area (Å²) in [6.45, 7) is 4.46.